The Morgan fingerprint density at radius 1 is 1.52 bits per heavy atom. The Morgan fingerprint density at radius 3 is 2.90 bits per heavy atom. The van der Waals surface area contributed by atoms with Crippen molar-refractivity contribution < 1.29 is 4.39 Å². The zero-order chi connectivity index (χ0) is 15.1. The zero-order valence-electron chi connectivity index (χ0n) is 10.9. The molecule has 0 aliphatic carbocycles. The number of imidazole rings is 1. The maximum absolute atomic E-state index is 13.7. The molecule has 1 unspecified atom stereocenters. The van der Waals surface area contributed by atoms with Gasteiger partial charge in [0.15, 0.2) is 0 Å². The van der Waals surface area contributed by atoms with Crippen LogP contribution in [0.1, 0.15) is 23.8 Å². The number of halogens is 3. The summed E-state index contributed by atoms with van der Waals surface area (Å²) in [5.41, 5.74) is 1.88. The van der Waals surface area contributed by atoms with Crippen LogP contribution in [0.4, 0.5) is 4.39 Å². The number of hydrogen-bond donors (Lipinski definition) is 1. The Balaban J connectivity index is 2.19. The van der Waals surface area contributed by atoms with E-state index in [0.717, 1.165) is 17.0 Å². The van der Waals surface area contributed by atoms with Crippen LogP contribution in [0.2, 0.25) is 5.02 Å². The minimum Gasteiger partial charge on any atom is -0.321 e. The molecule has 0 bridgehead atoms. The molecule has 0 spiro atoms. The van der Waals surface area contributed by atoms with Gasteiger partial charge >= 0.3 is 4.87 Å². The molecule has 0 radical (unpaired) electrons. The van der Waals surface area contributed by atoms with Crippen LogP contribution in [0.5, 0.6) is 0 Å². The molecule has 1 N–H and O–H groups in total. The average Bonchev–Trinajstić information content (AvgIpc) is 2.96. The molecule has 21 heavy (non-hydrogen) atoms. The average molecular weight is 346 g/mol. The van der Waals surface area contributed by atoms with Crippen molar-refractivity contribution in [2.24, 2.45) is 0 Å². The Bertz CT molecular complexity index is 868. The Labute approximate surface area is 133 Å². The van der Waals surface area contributed by atoms with Gasteiger partial charge in [-0.05, 0) is 13.0 Å². The minimum atomic E-state index is -0.516. The van der Waals surface area contributed by atoms with E-state index in [0.29, 0.717) is 23.4 Å². The van der Waals surface area contributed by atoms with E-state index in [1.807, 2.05) is 0 Å². The summed E-state index contributed by atoms with van der Waals surface area (Å²) in [6, 6.07) is 2.81. The van der Waals surface area contributed by atoms with Gasteiger partial charge in [0.1, 0.15) is 11.6 Å². The van der Waals surface area contributed by atoms with Crippen molar-refractivity contribution in [1.82, 2.24) is 14.5 Å². The summed E-state index contributed by atoms with van der Waals surface area (Å²) >= 11 is 13.0. The van der Waals surface area contributed by atoms with Crippen LogP contribution in [0.3, 0.4) is 0 Å². The van der Waals surface area contributed by atoms with Crippen LogP contribution in [0.25, 0.3) is 11.0 Å². The van der Waals surface area contributed by atoms with Crippen LogP contribution >= 0.6 is 34.5 Å². The van der Waals surface area contributed by atoms with E-state index in [2.05, 4.69) is 9.97 Å². The Morgan fingerprint density at radius 2 is 2.29 bits per heavy atom. The fourth-order valence-corrected chi connectivity index (χ4v) is 3.07. The number of hydrogen-bond acceptors (Lipinski definition) is 3. The lowest BCUT2D eigenvalue weighted by Gasteiger charge is -2.09. The first-order valence-corrected chi connectivity index (χ1v) is 7.81. The van der Waals surface area contributed by atoms with Crippen molar-refractivity contribution in [1.29, 1.82) is 0 Å². The molecule has 1 atom stereocenters. The topological polar surface area (TPSA) is 50.7 Å². The van der Waals surface area contributed by atoms with Gasteiger partial charge in [0.05, 0.1) is 28.0 Å². The van der Waals surface area contributed by atoms with Gasteiger partial charge in [0.2, 0.25) is 0 Å². The third-order valence-electron chi connectivity index (χ3n) is 3.07. The van der Waals surface area contributed by atoms with E-state index in [1.165, 1.54) is 12.1 Å². The van der Waals surface area contributed by atoms with E-state index in [-0.39, 0.29) is 15.3 Å². The molecule has 1 aromatic carbocycles. The number of aromatic amines is 1. The van der Waals surface area contributed by atoms with Crippen molar-refractivity contribution >= 4 is 45.6 Å². The first-order valence-electron chi connectivity index (χ1n) is 6.11. The van der Waals surface area contributed by atoms with Crippen molar-refractivity contribution in [2.45, 2.75) is 18.8 Å². The molecule has 110 valence electrons. The van der Waals surface area contributed by atoms with E-state index in [1.54, 1.807) is 16.9 Å². The molecule has 0 fully saturated rings. The maximum atomic E-state index is 13.7. The molecule has 2 aromatic heterocycles. The highest BCUT2D eigenvalue weighted by atomic mass is 35.5. The molecule has 0 aliphatic heterocycles. The molecule has 0 saturated carbocycles. The van der Waals surface area contributed by atoms with E-state index in [4.69, 9.17) is 23.2 Å². The molecule has 2 heterocycles. The summed E-state index contributed by atoms with van der Waals surface area (Å²) in [7, 11) is 0. The van der Waals surface area contributed by atoms with E-state index < -0.39 is 5.82 Å². The van der Waals surface area contributed by atoms with E-state index in [9.17, 15) is 9.18 Å². The Hall–Kier alpha value is -1.37. The lowest BCUT2D eigenvalue weighted by atomic mass is 10.3. The largest absolute Gasteiger partial charge is 0.321 e. The summed E-state index contributed by atoms with van der Waals surface area (Å²) in [5.74, 6) is 0.0817. The zero-order valence-corrected chi connectivity index (χ0v) is 13.2. The summed E-state index contributed by atoms with van der Waals surface area (Å²) < 4.78 is 15.5. The van der Waals surface area contributed by atoms with Gasteiger partial charge in [-0.2, -0.15) is 0 Å². The summed E-state index contributed by atoms with van der Waals surface area (Å²) in [4.78, 5) is 18.2. The lowest BCUT2D eigenvalue weighted by molar-refractivity contribution is 0.628. The van der Waals surface area contributed by atoms with Crippen LogP contribution < -0.4 is 4.87 Å². The first-order chi connectivity index (χ1) is 9.95. The second-order valence-corrected chi connectivity index (χ2v) is 6.50. The molecule has 3 aromatic rings. The van der Waals surface area contributed by atoms with Gasteiger partial charge in [-0.25, -0.2) is 9.37 Å². The number of rotatable bonds is 3. The summed E-state index contributed by atoms with van der Waals surface area (Å²) in [6.07, 6.45) is 0. The predicted octanol–water partition coefficient (Wildman–Crippen LogP) is 3.93. The molecular formula is C13H10Cl2FN3OS. The number of benzene rings is 1. The van der Waals surface area contributed by atoms with Gasteiger partial charge in [-0.15, -0.1) is 11.6 Å². The summed E-state index contributed by atoms with van der Waals surface area (Å²) in [5, 5.41) is 1.39. The second kappa shape index (κ2) is 5.44. The predicted molar refractivity (Wildman–Crippen MR) is 83.0 cm³/mol. The van der Waals surface area contributed by atoms with Gasteiger partial charge < -0.3 is 9.55 Å². The SMILES string of the molecule is CC(Cl)c1nc2cc(Cl)c(F)cc2n1Cc1csc(=O)[nH]1. The maximum Gasteiger partial charge on any atom is 0.304 e. The molecule has 0 saturated heterocycles. The standard InChI is InChI=1S/C13H10Cl2FN3OS/c1-6(14)12-18-10-2-8(15)9(16)3-11(10)19(12)4-7-5-21-13(20)17-7/h2-3,5-6H,4H2,1H3,(H,17,20). The molecular weight excluding hydrogens is 336 g/mol. The molecule has 3 rings (SSSR count). The molecule has 4 nitrogen and oxygen atoms in total. The summed E-state index contributed by atoms with van der Waals surface area (Å²) in [6.45, 7) is 2.15. The van der Waals surface area contributed by atoms with Gasteiger partial charge in [0, 0.05) is 17.1 Å². The lowest BCUT2D eigenvalue weighted by Crippen LogP contribution is -2.07. The van der Waals surface area contributed by atoms with Gasteiger partial charge in [-0.1, -0.05) is 22.9 Å². The third kappa shape index (κ3) is 2.71. The van der Waals surface area contributed by atoms with Crippen LogP contribution in [-0.4, -0.2) is 14.5 Å². The second-order valence-electron chi connectivity index (χ2n) is 4.60. The van der Waals surface area contributed by atoms with Crippen molar-refractivity contribution in [3.63, 3.8) is 0 Å². The number of thiazole rings is 1. The number of fused-ring (bicyclic) bond motifs is 1. The normalized spacial score (nSPS) is 13.0. The molecule has 0 aliphatic rings. The van der Waals surface area contributed by atoms with Crippen LogP contribution in [0, 0.1) is 5.82 Å². The smallest absolute Gasteiger partial charge is 0.304 e. The Kier molecular flexibility index (Phi) is 3.77. The highest BCUT2D eigenvalue weighted by Gasteiger charge is 2.17. The number of H-pyrrole nitrogens is 1. The number of nitrogens with one attached hydrogen (secondary N) is 1. The third-order valence-corrected chi connectivity index (χ3v) is 4.28. The highest BCUT2D eigenvalue weighted by molar-refractivity contribution is 7.07. The number of aromatic nitrogens is 3. The van der Waals surface area contributed by atoms with E-state index >= 15 is 0 Å². The fourth-order valence-electron chi connectivity index (χ4n) is 2.17. The number of nitrogens with zero attached hydrogens (tertiary/aromatic N) is 2. The van der Waals surface area contributed by atoms with Crippen molar-refractivity contribution in [3.05, 3.63) is 49.5 Å². The highest BCUT2D eigenvalue weighted by Crippen LogP contribution is 2.28. The van der Waals surface area contributed by atoms with Crippen LogP contribution in [0.15, 0.2) is 22.3 Å². The minimum absolute atomic E-state index is 0.0184. The monoisotopic (exact) mass is 345 g/mol. The quantitative estimate of drug-likeness (QED) is 0.731. The van der Waals surface area contributed by atoms with Gasteiger partial charge in [-0.3, -0.25) is 4.79 Å². The van der Waals surface area contributed by atoms with Crippen molar-refractivity contribution in [2.75, 3.05) is 0 Å². The fraction of sp³-hybridized carbons (Fsp3) is 0.231. The van der Waals surface area contributed by atoms with Gasteiger partial charge in [0.25, 0.3) is 0 Å². The molecule has 8 heteroatoms. The number of alkyl halides is 1. The molecule has 0 amide bonds. The van der Waals surface area contributed by atoms with Crippen LogP contribution in [-0.2, 0) is 6.54 Å². The van der Waals surface area contributed by atoms with Crippen molar-refractivity contribution in [3.8, 4) is 0 Å². The first kappa shape index (κ1) is 14.6.